The van der Waals surface area contributed by atoms with Gasteiger partial charge in [-0.3, -0.25) is 0 Å². The van der Waals surface area contributed by atoms with Crippen molar-refractivity contribution in [2.75, 3.05) is 0 Å². The summed E-state index contributed by atoms with van der Waals surface area (Å²) in [5.41, 5.74) is 3.78. The normalized spacial score (nSPS) is 12.3. The summed E-state index contributed by atoms with van der Waals surface area (Å²) in [4.78, 5) is 0. The average molecular weight is 299 g/mol. The largest absolute Gasteiger partial charge is 0.303 e. The Hall–Kier alpha value is -2.64. The molecule has 23 heavy (non-hydrogen) atoms. The van der Waals surface area contributed by atoms with Crippen molar-refractivity contribution in [1.29, 1.82) is 0 Å². The van der Waals surface area contributed by atoms with E-state index in [2.05, 4.69) is 96.3 Å². The molecule has 0 saturated heterocycles. The summed E-state index contributed by atoms with van der Waals surface area (Å²) >= 11 is 0. The second-order valence-corrected chi connectivity index (χ2v) is 5.52. The van der Waals surface area contributed by atoms with Crippen LogP contribution in [0.1, 0.15) is 22.7 Å². The zero-order valence-corrected chi connectivity index (χ0v) is 13.1. The standard InChI is InChI=1S/C22H21N/c1-4-10-19(11-5-1)16-17-22(21-14-8-3-9-15-21)23-18-20-12-6-2-7-13-20/h1-17,22-23H,18H2/b17-16+/t22-/m1/s1. The van der Waals surface area contributed by atoms with Crippen molar-refractivity contribution in [3.63, 3.8) is 0 Å². The molecular formula is C22H21N. The Labute approximate surface area is 138 Å². The fourth-order valence-corrected chi connectivity index (χ4v) is 2.55. The highest BCUT2D eigenvalue weighted by Crippen LogP contribution is 2.17. The number of hydrogen-bond acceptors (Lipinski definition) is 1. The van der Waals surface area contributed by atoms with Gasteiger partial charge in [0.2, 0.25) is 0 Å². The second-order valence-electron chi connectivity index (χ2n) is 5.52. The molecule has 3 aromatic rings. The lowest BCUT2D eigenvalue weighted by Crippen LogP contribution is -2.19. The van der Waals surface area contributed by atoms with Gasteiger partial charge in [0.1, 0.15) is 0 Å². The van der Waals surface area contributed by atoms with E-state index in [1.807, 2.05) is 12.1 Å². The van der Waals surface area contributed by atoms with Gasteiger partial charge >= 0.3 is 0 Å². The third kappa shape index (κ3) is 4.67. The van der Waals surface area contributed by atoms with E-state index in [0.29, 0.717) is 0 Å². The molecule has 0 fully saturated rings. The fourth-order valence-electron chi connectivity index (χ4n) is 2.55. The predicted octanol–water partition coefficient (Wildman–Crippen LogP) is 5.23. The Bertz CT molecular complexity index is 718. The van der Waals surface area contributed by atoms with Crippen LogP contribution in [0, 0.1) is 0 Å². The van der Waals surface area contributed by atoms with E-state index in [1.54, 1.807) is 0 Å². The van der Waals surface area contributed by atoms with E-state index >= 15 is 0 Å². The van der Waals surface area contributed by atoms with Gasteiger partial charge in [0.25, 0.3) is 0 Å². The van der Waals surface area contributed by atoms with Crippen molar-refractivity contribution >= 4 is 6.08 Å². The van der Waals surface area contributed by atoms with E-state index in [4.69, 9.17) is 0 Å². The van der Waals surface area contributed by atoms with Gasteiger partial charge in [0.15, 0.2) is 0 Å². The van der Waals surface area contributed by atoms with E-state index in [1.165, 1.54) is 16.7 Å². The van der Waals surface area contributed by atoms with Crippen LogP contribution in [0.5, 0.6) is 0 Å². The summed E-state index contributed by atoms with van der Waals surface area (Å²) in [7, 11) is 0. The van der Waals surface area contributed by atoms with Crippen LogP contribution in [-0.2, 0) is 6.54 Å². The van der Waals surface area contributed by atoms with Crippen LogP contribution >= 0.6 is 0 Å². The average Bonchev–Trinajstić information content (AvgIpc) is 2.64. The lowest BCUT2D eigenvalue weighted by Gasteiger charge is -2.16. The minimum Gasteiger partial charge on any atom is -0.303 e. The fraction of sp³-hybridized carbons (Fsp3) is 0.0909. The van der Waals surface area contributed by atoms with Crippen molar-refractivity contribution in [1.82, 2.24) is 5.32 Å². The van der Waals surface area contributed by atoms with Crippen LogP contribution in [0.25, 0.3) is 6.08 Å². The van der Waals surface area contributed by atoms with Crippen molar-refractivity contribution in [2.24, 2.45) is 0 Å². The van der Waals surface area contributed by atoms with Gasteiger partial charge in [0, 0.05) is 6.54 Å². The number of benzene rings is 3. The molecule has 0 aliphatic heterocycles. The quantitative estimate of drug-likeness (QED) is 0.657. The maximum atomic E-state index is 3.64. The zero-order valence-electron chi connectivity index (χ0n) is 13.1. The Kier molecular flexibility index (Phi) is 5.38. The first-order valence-electron chi connectivity index (χ1n) is 7.97. The van der Waals surface area contributed by atoms with Crippen LogP contribution in [0.3, 0.4) is 0 Å². The SMILES string of the molecule is C(=C\[C@@H](NCc1ccccc1)c1ccccc1)/c1ccccc1. The third-order valence-corrected chi connectivity index (χ3v) is 3.81. The van der Waals surface area contributed by atoms with Gasteiger partial charge in [-0.2, -0.15) is 0 Å². The molecule has 0 heterocycles. The highest BCUT2D eigenvalue weighted by Gasteiger charge is 2.06. The van der Waals surface area contributed by atoms with Gasteiger partial charge < -0.3 is 5.32 Å². The molecule has 1 N–H and O–H groups in total. The van der Waals surface area contributed by atoms with E-state index < -0.39 is 0 Å². The van der Waals surface area contributed by atoms with E-state index in [9.17, 15) is 0 Å². The number of nitrogens with one attached hydrogen (secondary N) is 1. The van der Waals surface area contributed by atoms with Gasteiger partial charge in [-0.05, 0) is 16.7 Å². The zero-order chi connectivity index (χ0) is 15.7. The monoisotopic (exact) mass is 299 g/mol. The van der Waals surface area contributed by atoms with E-state index in [-0.39, 0.29) is 6.04 Å². The van der Waals surface area contributed by atoms with Crippen LogP contribution < -0.4 is 5.32 Å². The highest BCUT2D eigenvalue weighted by molar-refractivity contribution is 5.50. The van der Waals surface area contributed by atoms with Crippen LogP contribution in [0.4, 0.5) is 0 Å². The molecule has 1 heteroatoms. The first kappa shape index (κ1) is 15.3. The molecule has 0 spiro atoms. The smallest absolute Gasteiger partial charge is 0.0512 e. The molecule has 114 valence electrons. The van der Waals surface area contributed by atoms with Crippen LogP contribution in [0.2, 0.25) is 0 Å². The molecule has 0 saturated carbocycles. The van der Waals surface area contributed by atoms with Gasteiger partial charge in [-0.15, -0.1) is 0 Å². The maximum absolute atomic E-state index is 3.64. The molecule has 0 aliphatic carbocycles. The lowest BCUT2D eigenvalue weighted by atomic mass is 10.0. The first-order chi connectivity index (χ1) is 11.4. The minimum atomic E-state index is 0.191. The molecule has 0 unspecified atom stereocenters. The summed E-state index contributed by atoms with van der Waals surface area (Å²) in [6.45, 7) is 0.847. The summed E-state index contributed by atoms with van der Waals surface area (Å²) < 4.78 is 0. The Morgan fingerprint density at radius 2 is 1.26 bits per heavy atom. The van der Waals surface area contributed by atoms with Crippen molar-refractivity contribution < 1.29 is 0 Å². The molecule has 0 radical (unpaired) electrons. The maximum Gasteiger partial charge on any atom is 0.0512 e. The first-order valence-corrected chi connectivity index (χ1v) is 7.97. The summed E-state index contributed by atoms with van der Waals surface area (Å²) in [6, 6.07) is 31.7. The molecule has 1 atom stereocenters. The lowest BCUT2D eigenvalue weighted by molar-refractivity contribution is 0.623. The van der Waals surface area contributed by atoms with Gasteiger partial charge in [-0.1, -0.05) is 103 Å². The molecule has 0 amide bonds. The molecule has 3 aromatic carbocycles. The van der Waals surface area contributed by atoms with Crippen LogP contribution in [-0.4, -0.2) is 0 Å². The van der Waals surface area contributed by atoms with Gasteiger partial charge in [-0.25, -0.2) is 0 Å². The second kappa shape index (κ2) is 8.11. The van der Waals surface area contributed by atoms with Crippen molar-refractivity contribution in [3.05, 3.63) is 114 Å². The molecule has 0 bridgehead atoms. The van der Waals surface area contributed by atoms with Crippen molar-refractivity contribution in [2.45, 2.75) is 12.6 Å². The highest BCUT2D eigenvalue weighted by atomic mass is 14.9. The topological polar surface area (TPSA) is 12.0 Å². The minimum absolute atomic E-state index is 0.191. The Morgan fingerprint density at radius 1 is 0.696 bits per heavy atom. The summed E-state index contributed by atoms with van der Waals surface area (Å²) in [5.74, 6) is 0. The molecule has 3 rings (SSSR count). The molecule has 0 aliphatic rings. The molecule has 1 nitrogen and oxygen atoms in total. The van der Waals surface area contributed by atoms with Crippen molar-refractivity contribution in [3.8, 4) is 0 Å². The summed E-state index contributed by atoms with van der Waals surface area (Å²) in [5, 5.41) is 3.64. The van der Waals surface area contributed by atoms with E-state index in [0.717, 1.165) is 6.54 Å². The Morgan fingerprint density at radius 3 is 1.91 bits per heavy atom. The number of rotatable bonds is 6. The third-order valence-electron chi connectivity index (χ3n) is 3.81. The predicted molar refractivity (Wildman–Crippen MR) is 97.9 cm³/mol. The van der Waals surface area contributed by atoms with Gasteiger partial charge in [0.05, 0.1) is 6.04 Å². The van der Waals surface area contributed by atoms with Crippen LogP contribution in [0.15, 0.2) is 97.1 Å². The molecule has 0 aromatic heterocycles. The molecular weight excluding hydrogens is 278 g/mol. The Balaban J connectivity index is 1.75. The summed E-state index contributed by atoms with van der Waals surface area (Å²) in [6.07, 6.45) is 4.41. The number of hydrogen-bond donors (Lipinski definition) is 1.